The number of aromatic nitrogens is 1. The van der Waals surface area contributed by atoms with Crippen molar-refractivity contribution < 1.29 is 0 Å². The van der Waals surface area contributed by atoms with Gasteiger partial charge in [0.05, 0.1) is 0 Å². The largest absolute Gasteiger partial charge is 0.265 e. The minimum absolute atomic E-state index is 0.310. The van der Waals surface area contributed by atoms with Gasteiger partial charge in [-0.05, 0) is 30.5 Å². The summed E-state index contributed by atoms with van der Waals surface area (Å²) >= 11 is 5.87. The SMILES string of the molecule is ClCC1(c2ccncc2)CC1. The quantitative estimate of drug-likeness (QED) is 0.617. The molecule has 1 aliphatic rings. The van der Waals surface area contributed by atoms with Crippen LogP contribution in [0.1, 0.15) is 18.4 Å². The Morgan fingerprint density at radius 3 is 2.45 bits per heavy atom. The molecule has 1 nitrogen and oxygen atoms in total. The van der Waals surface area contributed by atoms with Gasteiger partial charge in [-0.2, -0.15) is 0 Å². The molecule has 0 amide bonds. The molecule has 1 aromatic heterocycles. The molecule has 2 heteroatoms. The normalized spacial score (nSPS) is 19.7. The van der Waals surface area contributed by atoms with Crippen LogP contribution in [0.5, 0.6) is 0 Å². The van der Waals surface area contributed by atoms with Crippen LogP contribution < -0.4 is 0 Å². The fraction of sp³-hybridized carbons (Fsp3) is 0.444. The van der Waals surface area contributed by atoms with E-state index in [0.29, 0.717) is 5.41 Å². The first-order valence-corrected chi connectivity index (χ1v) is 4.37. The van der Waals surface area contributed by atoms with Crippen LogP contribution in [0.15, 0.2) is 24.5 Å². The highest BCUT2D eigenvalue weighted by Gasteiger charge is 2.43. The zero-order chi connectivity index (χ0) is 7.73. The summed E-state index contributed by atoms with van der Waals surface area (Å²) in [6.45, 7) is 0. The van der Waals surface area contributed by atoms with Crippen molar-refractivity contribution in [2.75, 3.05) is 5.88 Å². The predicted molar refractivity (Wildman–Crippen MR) is 45.9 cm³/mol. The smallest absolute Gasteiger partial charge is 0.0320 e. The number of pyridine rings is 1. The number of hydrogen-bond acceptors (Lipinski definition) is 1. The molecule has 1 aliphatic carbocycles. The molecule has 0 spiro atoms. The fourth-order valence-electron chi connectivity index (χ4n) is 1.36. The molecule has 0 saturated heterocycles. The molecule has 0 radical (unpaired) electrons. The van der Waals surface area contributed by atoms with E-state index in [-0.39, 0.29) is 0 Å². The van der Waals surface area contributed by atoms with E-state index in [1.165, 1.54) is 18.4 Å². The molecule has 1 fully saturated rings. The summed E-state index contributed by atoms with van der Waals surface area (Å²) in [5, 5.41) is 0. The zero-order valence-electron chi connectivity index (χ0n) is 6.26. The van der Waals surface area contributed by atoms with Gasteiger partial charge in [-0.3, -0.25) is 4.98 Å². The highest BCUT2D eigenvalue weighted by atomic mass is 35.5. The second-order valence-corrected chi connectivity index (χ2v) is 3.42. The summed E-state index contributed by atoms with van der Waals surface area (Å²) in [7, 11) is 0. The van der Waals surface area contributed by atoms with Crippen LogP contribution in [0.2, 0.25) is 0 Å². The lowest BCUT2D eigenvalue weighted by molar-refractivity contribution is 0.794. The molecule has 11 heavy (non-hydrogen) atoms. The van der Waals surface area contributed by atoms with Crippen molar-refractivity contribution in [3.63, 3.8) is 0 Å². The summed E-state index contributed by atoms with van der Waals surface area (Å²) in [6, 6.07) is 4.13. The Morgan fingerprint density at radius 1 is 1.36 bits per heavy atom. The van der Waals surface area contributed by atoms with Crippen molar-refractivity contribution in [2.45, 2.75) is 18.3 Å². The van der Waals surface area contributed by atoms with E-state index in [1.54, 1.807) is 0 Å². The Balaban J connectivity index is 2.30. The van der Waals surface area contributed by atoms with Gasteiger partial charge in [0.25, 0.3) is 0 Å². The van der Waals surface area contributed by atoms with Crippen molar-refractivity contribution in [1.82, 2.24) is 4.98 Å². The second kappa shape index (κ2) is 2.49. The Morgan fingerprint density at radius 2 is 2.00 bits per heavy atom. The van der Waals surface area contributed by atoms with Gasteiger partial charge in [-0.1, -0.05) is 0 Å². The molecule has 2 rings (SSSR count). The minimum atomic E-state index is 0.310. The van der Waals surface area contributed by atoms with Gasteiger partial charge in [-0.25, -0.2) is 0 Å². The van der Waals surface area contributed by atoms with Crippen LogP contribution in [0.4, 0.5) is 0 Å². The van der Waals surface area contributed by atoms with E-state index in [0.717, 1.165) is 5.88 Å². The molecule has 0 unspecified atom stereocenters. The highest BCUT2D eigenvalue weighted by molar-refractivity contribution is 6.19. The van der Waals surface area contributed by atoms with E-state index in [1.807, 2.05) is 12.4 Å². The molecular weight excluding hydrogens is 158 g/mol. The van der Waals surface area contributed by atoms with Gasteiger partial charge in [0.2, 0.25) is 0 Å². The van der Waals surface area contributed by atoms with Gasteiger partial charge < -0.3 is 0 Å². The predicted octanol–water partition coefficient (Wildman–Crippen LogP) is 2.35. The van der Waals surface area contributed by atoms with Gasteiger partial charge in [0.1, 0.15) is 0 Å². The molecule has 1 heterocycles. The molecule has 0 bridgehead atoms. The number of rotatable bonds is 2. The number of alkyl halides is 1. The number of nitrogens with zero attached hydrogens (tertiary/aromatic N) is 1. The van der Waals surface area contributed by atoms with Gasteiger partial charge in [-0.15, -0.1) is 11.6 Å². The second-order valence-electron chi connectivity index (χ2n) is 3.15. The standard InChI is InChI=1S/C9H10ClN/c10-7-9(3-4-9)8-1-5-11-6-2-8/h1-2,5-6H,3-4,7H2. The van der Waals surface area contributed by atoms with E-state index in [2.05, 4.69) is 17.1 Å². The number of hydrogen-bond donors (Lipinski definition) is 0. The van der Waals surface area contributed by atoms with Gasteiger partial charge in [0.15, 0.2) is 0 Å². The molecule has 0 atom stereocenters. The molecule has 0 aromatic carbocycles. The third-order valence-electron chi connectivity index (χ3n) is 2.40. The van der Waals surface area contributed by atoms with Crippen molar-refractivity contribution in [2.24, 2.45) is 0 Å². The van der Waals surface area contributed by atoms with Crippen molar-refractivity contribution in [3.8, 4) is 0 Å². The average molecular weight is 168 g/mol. The van der Waals surface area contributed by atoms with Crippen molar-refractivity contribution >= 4 is 11.6 Å². The molecule has 0 N–H and O–H groups in total. The van der Waals surface area contributed by atoms with Crippen LogP contribution >= 0.6 is 11.6 Å². The molecule has 1 saturated carbocycles. The molecule has 1 aromatic rings. The van der Waals surface area contributed by atoms with Crippen LogP contribution in [-0.2, 0) is 5.41 Å². The third kappa shape index (κ3) is 1.14. The first kappa shape index (κ1) is 7.11. The maximum atomic E-state index is 5.87. The van der Waals surface area contributed by atoms with E-state index >= 15 is 0 Å². The summed E-state index contributed by atoms with van der Waals surface area (Å²) < 4.78 is 0. The summed E-state index contributed by atoms with van der Waals surface area (Å²) in [6.07, 6.45) is 6.14. The molecular formula is C9H10ClN. The van der Waals surface area contributed by atoms with Gasteiger partial charge in [0, 0.05) is 23.7 Å². The Bertz CT molecular complexity index is 241. The topological polar surface area (TPSA) is 12.9 Å². The van der Waals surface area contributed by atoms with E-state index in [9.17, 15) is 0 Å². The Labute approximate surface area is 71.4 Å². The maximum Gasteiger partial charge on any atom is 0.0320 e. The average Bonchev–Trinajstić information content (AvgIpc) is 2.86. The maximum absolute atomic E-state index is 5.87. The first-order chi connectivity index (χ1) is 5.37. The van der Waals surface area contributed by atoms with Crippen LogP contribution in [0.3, 0.4) is 0 Å². The summed E-state index contributed by atoms with van der Waals surface area (Å²) in [5.74, 6) is 0.747. The van der Waals surface area contributed by atoms with Crippen LogP contribution in [-0.4, -0.2) is 10.9 Å². The lowest BCUT2D eigenvalue weighted by atomic mass is 10.00. The monoisotopic (exact) mass is 167 g/mol. The van der Waals surface area contributed by atoms with Crippen molar-refractivity contribution in [3.05, 3.63) is 30.1 Å². The Hall–Kier alpha value is -0.560. The third-order valence-corrected chi connectivity index (χ3v) is 2.91. The summed E-state index contributed by atoms with van der Waals surface area (Å²) in [5.41, 5.74) is 1.66. The summed E-state index contributed by atoms with van der Waals surface area (Å²) in [4.78, 5) is 3.98. The highest BCUT2D eigenvalue weighted by Crippen LogP contribution is 2.48. The fourth-order valence-corrected chi connectivity index (χ4v) is 1.78. The Kier molecular flexibility index (Phi) is 1.61. The lowest BCUT2D eigenvalue weighted by Crippen LogP contribution is -2.07. The van der Waals surface area contributed by atoms with E-state index < -0.39 is 0 Å². The first-order valence-electron chi connectivity index (χ1n) is 3.84. The minimum Gasteiger partial charge on any atom is -0.265 e. The zero-order valence-corrected chi connectivity index (χ0v) is 7.01. The van der Waals surface area contributed by atoms with Crippen LogP contribution in [0.25, 0.3) is 0 Å². The van der Waals surface area contributed by atoms with E-state index in [4.69, 9.17) is 11.6 Å². The lowest BCUT2D eigenvalue weighted by Gasteiger charge is -2.09. The number of halogens is 1. The van der Waals surface area contributed by atoms with Crippen LogP contribution in [0, 0.1) is 0 Å². The van der Waals surface area contributed by atoms with Crippen molar-refractivity contribution in [1.29, 1.82) is 0 Å². The van der Waals surface area contributed by atoms with Gasteiger partial charge >= 0.3 is 0 Å². The molecule has 0 aliphatic heterocycles. The molecule has 58 valence electrons.